The van der Waals surface area contributed by atoms with E-state index >= 15 is 0 Å². The van der Waals surface area contributed by atoms with E-state index in [4.69, 9.17) is 4.74 Å². The monoisotopic (exact) mass is 530 g/mol. The van der Waals surface area contributed by atoms with Crippen LogP contribution in [-0.2, 0) is 14.6 Å². The summed E-state index contributed by atoms with van der Waals surface area (Å²) in [6, 6.07) is 5.42. The van der Waals surface area contributed by atoms with Crippen molar-refractivity contribution in [2.45, 2.75) is 74.5 Å². The molecule has 1 N–H and O–H groups in total. The molecule has 0 bridgehead atoms. The number of thiazole rings is 1. The molecule has 3 heterocycles. The Morgan fingerprint density at radius 3 is 2.58 bits per heavy atom. The Morgan fingerprint density at radius 2 is 1.92 bits per heavy atom. The number of carbonyl (C=O) groups is 1. The van der Waals surface area contributed by atoms with Gasteiger partial charge in [-0.1, -0.05) is 43.4 Å². The number of rotatable bonds is 8. The maximum Gasteiger partial charge on any atom is 0.252 e. The number of aryl methyl sites for hydroxylation is 1. The van der Waals surface area contributed by atoms with E-state index in [0.29, 0.717) is 52.2 Å². The lowest BCUT2D eigenvalue weighted by atomic mass is 9.84. The van der Waals surface area contributed by atoms with Gasteiger partial charge in [-0.05, 0) is 44.2 Å². The number of nitrogens with zero attached hydrogens (tertiary/aromatic N) is 3. The first kappa shape index (κ1) is 24.9. The summed E-state index contributed by atoms with van der Waals surface area (Å²) in [6.45, 7) is 1.70. The molecule has 2 fully saturated rings. The van der Waals surface area contributed by atoms with E-state index < -0.39 is 26.7 Å². The van der Waals surface area contributed by atoms with Gasteiger partial charge in [-0.3, -0.25) is 9.59 Å². The van der Waals surface area contributed by atoms with Gasteiger partial charge in [0.2, 0.25) is 11.8 Å². The van der Waals surface area contributed by atoms with E-state index in [1.807, 2.05) is 0 Å². The summed E-state index contributed by atoms with van der Waals surface area (Å²) in [7, 11) is -1.97. The maximum absolute atomic E-state index is 13.6. The van der Waals surface area contributed by atoms with Gasteiger partial charge in [0.15, 0.2) is 15.0 Å². The van der Waals surface area contributed by atoms with Crippen LogP contribution in [0.1, 0.15) is 63.1 Å². The third-order valence-electron chi connectivity index (χ3n) is 7.09. The number of hydrogen-bond donors (Lipinski definition) is 1. The number of anilines is 1. The molecule has 192 valence electrons. The van der Waals surface area contributed by atoms with Crippen LogP contribution in [0.4, 0.5) is 5.13 Å². The summed E-state index contributed by atoms with van der Waals surface area (Å²) >= 11 is 1.24. The van der Waals surface area contributed by atoms with E-state index in [2.05, 4.69) is 15.3 Å². The standard InChI is InChI=1S/C25H30N4O5S2/c1-15-12-18(36(32,33)17-8-9-17)14-22(30)29(15)20(13-16-6-4-3-5-7-16)23(31)28-25-26-19-10-11-21(34-2)27-24(19)35-25/h10-12,14,16-17,20H,3-9,13H2,1-2H3,(H,26,28,31)/t20-/m1/s1. The van der Waals surface area contributed by atoms with Crippen LogP contribution in [0.15, 0.2) is 34.0 Å². The SMILES string of the molecule is COc1ccc2nc(NC(=O)[C@@H](CC3CCCCC3)n3c(C)cc(S(=O)(=O)C4CC4)cc3=O)sc2n1. The van der Waals surface area contributed by atoms with Crippen LogP contribution in [0, 0.1) is 12.8 Å². The van der Waals surface area contributed by atoms with Crippen molar-refractivity contribution in [2.24, 2.45) is 5.92 Å². The summed E-state index contributed by atoms with van der Waals surface area (Å²) in [5.74, 6) is 0.439. The summed E-state index contributed by atoms with van der Waals surface area (Å²) in [6.07, 6.45) is 7.18. The van der Waals surface area contributed by atoms with Crippen LogP contribution in [0.5, 0.6) is 5.88 Å². The topological polar surface area (TPSA) is 120 Å². The number of hydrogen-bond acceptors (Lipinski definition) is 8. The number of nitrogens with one attached hydrogen (secondary N) is 1. The van der Waals surface area contributed by atoms with Crippen LogP contribution in [0.2, 0.25) is 0 Å². The smallest absolute Gasteiger partial charge is 0.252 e. The molecule has 1 atom stereocenters. The molecule has 0 saturated heterocycles. The van der Waals surface area contributed by atoms with Gasteiger partial charge in [0.1, 0.15) is 16.4 Å². The second kappa shape index (κ2) is 9.93. The molecule has 2 saturated carbocycles. The molecule has 3 aromatic rings. The van der Waals surface area contributed by atoms with Gasteiger partial charge in [0.05, 0.1) is 17.3 Å². The third-order valence-corrected chi connectivity index (χ3v) is 10.2. The zero-order valence-electron chi connectivity index (χ0n) is 20.4. The van der Waals surface area contributed by atoms with E-state index in [0.717, 1.165) is 25.7 Å². The van der Waals surface area contributed by atoms with Crippen molar-refractivity contribution >= 4 is 42.6 Å². The molecule has 0 aromatic carbocycles. The number of amides is 1. The third kappa shape index (κ3) is 5.04. The van der Waals surface area contributed by atoms with Gasteiger partial charge < -0.3 is 14.6 Å². The second-order valence-electron chi connectivity index (χ2n) is 9.73. The maximum atomic E-state index is 13.6. The fourth-order valence-electron chi connectivity index (χ4n) is 5.04. The van der Waals surface area contributed by atoms with Crippen molar-refractivity contribution in [2.75, 3.05) is 12.4 Å². The van der Waals surface area contributed by atoms with Gasteiger partial charge in [-0.25, -0.2) is 18.4 Å². The normalized spacial score (nSPS) is 17.7. The Balaban J connectivity index is 1.47. The highest BCUT2D eigenvalue weighted by molar-refractivity contribution is 7.92. The molecule has 2 aliphatic carbocycles. The van der Waals surface area contributed by atoms with E-state index in [1.54, 1.807) is 19.1 Å². The Kier molecular flexibility index (Phi) is 6.86. The molecular formula is C25H30N4O5S2. The Morgan fingerprint density at radius 1 is 1.17 bits per heavy atom. The van der Waals surface area contributed by atoms with Crippen LogP contribution >= 0.6 is 11.3 Å². The minimum absolute atomic E-state index is 0.0479. The van der Waals surface area contributed by atoms with Gasteiger partial charge >= 0.3 is 0 Å². The van der Waals surface area contributed by atoms with Crippen LogP contribution in [-0.4, -0.2) is 41.2 Å². The molecule has 3 aromatic heterocycles. The minimum atomic E-state index is -3.51. The first-order chi connectivity index (χ1) is 17.3. The first-order valence-electron chi connectivity index (χ1n) is 12.4. The van der Waals surface area contributed by atoms with E-state index in [-0.39, 0.29) is 10.8 Å². The number of ether oxygens (including phenoxy) is 1. The summed E-state index contributed by atoms with van der Waals surface area (Å²) in [4.78, 5) is 36.4. The molecular weight excluding hydrogens is 500 g/mol. The van der Waals surface area contributed by atoms with Gasteiger partial charge in [0, 0.05) is 17.8 Å². The lowest BCUT2D eigenvalue weighted by Crippen LogP contribution is -2.36. The second-order valence-corrected chi connectivity index (χ2v) is 12.9. The Bertz CT molecular complexity index is 1450. The van der Waals surface area contributed by atoms with Gasteiger partial charge in [0.25, 0.3) is 5.56 Å². The highest BCUT2D eigenvalue weighted by atomic mass is 32.2. The van der Waals surface area contributed by atoms with E-state index in [1.165, 1.54) is 41.6 Å². The predicted molar refractivity (Wildman–Crippen MR) is 138 cm³/mol. The molecule has 2 aliphatic rings. The largest absolute Gasteiger partial charge is 0.481 e. The minimum Gasteiger partial charge on any atom is -0.481 e. The highest BCUT2D eigenvalue weighted by Gasteiger charge is 2.38. The zero-order valence-corrected chi connectivity index (χ0v) is 22.0. The quantitative estimate of drug-likeness (QED) is 0.462. The van der Waals surface area contributed by atoms with Crippen LogP contribution in [0.3, 0.4) is 0 Å². The first-order valence-corrected chi connectivity index (χ1v) is 14.7. The molecule has 5 rings (SSSR count). The lowest BCUT2D eigenvalue weighted by Gasteiger charge is -2.28. The average Bonchev–Trinajstić information content (AvgIpc) is 3.64. The molecule has 0 aliphatic heterocycles. The van der Waals surface area contributed by atoms with Crippen molar-refractivity contribution in [3.05, 3.63) is 40.3 Å². The van der Waals surface area contributed by atoms with Gasteiger partial charge in [-0.2, -0.15) is 0 Å². The van der Waals surface area contributed by atoms with Crippen molar-refractivity contribution in [3.8, 4) is 5.88 Å². The van der Waals surface area contributed by atoms with Crippen molar-refractivity contribution < 1.29 is 17.9 Å². The molecule has 11 heteroatoms. The Hall–Kier alpha value is -2.79. The number of fused-ring (bicyclic) bond motifs is 1. The average molecular weight is 531 g/mol. The summed E-state index contributed by atoms with van der Waals surface area (Å²) in [5, 5.41) is 2.88. The number of aromatic nitrogens is 3. The molecule has 9 nitrogen and oxygen atoms in total. The lowest BCUT2D eigenvalue weighted by molar-refractivity contribution is -0.120. The molecule has 0 spiro atoms. The number of pyridine rings is 2. The number of carbonyl (C=O) groups excluding carboxylic acids is 1. The van der Waals surface area contributed by atoms with Crippen molar-refractivity contribution in [1.29, 1.82) is 0 Å². The van der Waals surface area contributed by atoms with Crippen molar-refractivity contribution in [3.63, 3.8) is 0 Å². The fraction of sp³-hybridized carbons (Fsp3) is 0.520. The molecule has 0 radical (unpaired) electrons. The molecule has 36 heavy (non-hydrogen) atoms. The summed E-state index contributed by atoms with van der Waals surface area (Å²) < 4.78 is 32.1. The van der Waals surface area contributed by atoms with Crippen LogP contribution in [0.25, 0.3) is 10.3 Å². The Labute approximate surface area is 213 Å². The number of methoxy groups -OCH3 is 1. The molecule has 0 unspecified atom stereocenters. The van der Waals surface area contributed by atoms with E-state index in [9.17, 15) is 18.0 Å². The molecule has 1 amide bonds. The summed E-state index contributed by atoms with van der Waals surface area (Å²) in [5.41, 5.74) is 0.636. The zero-order chi connectivity index (χ0) is 25.4. The highest BCUT2D eigenvalue weighted by Crippen LogP contribution is 2.35. The predicted octanol–water partition coefficient (Wildman–Crippen LogP) is 4.26. The van der Waals surface area contributed by atoms with Gasteiger partial charge in [-0.15, -0.1) is 0 Å². The number of sulfone groups is 1. The van der Waals surface area contributed by atoms with Crippen LogP contribution < -0.4 is 15.6 Å². The fourth-order valence-corrected chi connectivity index (χ4v) is 7.61. The van der Waals surface area contributed by atoms with Crippen molar-refractivity contribution in [1.82, 2.24) is 14.5 Å².